The molecule has 7 nitrogen and oxygen atoms in total. The van der Waals surface area contributed by atoms with Gasteiger partial charge in [0.05, 0.1) is 43.8 Å². The van der Waals surface area contributed by atoms with Crippen molar-refractivity contribution in [2.45, 2.75) is 11.8 Å². The van der Waals surface area contributed by atoms with Crippen LogP contribution in [0.3, 0.4) is 0 Å². The molecule has 0 saturated carbocycles. The molecule has 0 bridgehead atoms. The number of nitrogens with one attached hydrogen (secondary N) is 2. The first kappa shape index (κ1) is 20.3. The van der Waals surface area contributed by atoms with Crippen LogP contribution in [0.2, 0.25) is 0 Å². The van der Waals surface area contributed by atoms with Crippen LogP contribution in [0.1, 0.15) is 5.56 Å². The van der Waals surface area contributed by atoms with Crippen molar-refractivity contribution in [1.29, 1.82) is 0 Å². The molecule has 1 fully saturated rings. The van der Waals surface area contributed by atoms with Gasteiger partial charge in [0.15, 0.2) is 5.82 Å². The van der Waals surface area contributed by atoms with Crippen LogP contribution in [-0.2, 0) is 10.0 Å². The number of quaternary nitrogens is 1. The van der Waals surface area contributed by atoms with Crippen molar-refractivity contribution in [1.82, 2.24) is 10.2 Å². The number of aromatic nitrogens is 2. The minimum absolute atomic E-state index is 0.233. The Morgan fingerprint density at radius 3 is 2.37 bits per heavy atom. The van der Waals surface area contributed by atoms with E-state index in [0.717, 1.165) is 43.1 Å². The largest absolute Gasteiger partial charge is 0.344 e. The summed E-state index contributed by atoms with van der Waals surface area (Å²) in [4.78, 5) is 4.01. The lowest BCUT2D eigenvalue weighted by Gasteiger charge is -2.30. The smallest absolute Gasteiger partial charge is 0.261 e. The summed E-state index contributed by atoms with van der Waals surface area (Å²) in [5, 5.41) is 8.76. The highest BCUT2D eigenvalue weighted by atomic mass is 32.2. The van der Waals surface area contributed by atoms with Crippen molar-refractivity contribution in [3.63, 3.8) is 0 Å². The van der Waals surface area contributed by atoms with Gasteiger partial charge in [-0.25, -0.2) is 8.42 Å². The van der Waals surface area contributed by atoms with Crippen LogP contribution in [0.5, 0.6) is 0 Å². The average molecular weight is 425 g/mol. The number of hydrogen-bond acceptors (Lipinski definition) is 5. The highest BCUT2D eigenvalue weighted by Crippen LogP contribution is 2.24. The van der Waals surface area contributed by atoms with E-state index in [1.807, 2.05) is 25.1 Å². The van der Waals surface area contributed by atoms with Gasteiger partial charge in [0.1, 0.15) is 0 Å². The molecule has 0 amide bonds. The van der Waals surface area contributed by atoms with Crippen molar-refractivity contribution < 1.29 is 13.3 Å². The summed E-state index contributed by atoms with van der Waals surface area (Å²) in [7, 11) is -1.45. The lowest BCUT2D eigenvalue weighted by Crippen LogP contribution is -3.12. The fraction of sp³-hybridized carbons (Fsp3) is 0.273. The zero-order chi connectivity index (χ0) is 21.1. The second-order valence-electron chi connectivity index (χ2n) is 7.72. The van der Waals surface area contributed by atoms with Gasteiger partial charge in [-0.1, -0.05) is 29.8 Å². The van der Waals surface area contributed by atoms with Crippen LogP contribution in [0.15, 0.2) is 65.6 Å². The van der Waals surface area contributed by atoms with Crippen molar-refractivity contribution in [3.8, 4) is 11.3 Å². The second kappa shape index (κ2) is 8.41. The molecular weight excluding hydrogens is 398 g/mol. The summed E-state index contributed by atoms with van der Waals surface area (Å²) < 4.78 is 28.0. The van der Waals surface area contributed by atoms with E-state index in [-0.39, 0.29) is 4.90 Å². The van der Waals surface area contributed by atoms with Gasteiger partial charge in [-0.2, -0.15) is 0 Å². The van der Waals surface area contributed by atoms with E-state index in [0.29, 0.717) is 11.4 Å². The lowest BCUT2D eigenvalue weighted by molar-refractivity contribution is -0.880. The number of piperazine rings is 1. The maximum atomic E-state index is 12.7. The molecule has 1 saturated heterocycles. The summed E-state index contributed by atoms with van der Waals surface area (Å²) in [6.07, 6.45) is 0. The summed E-state index contributed by atoms with van der Waals surface area (Å²) in [5.74, 6) is 0.877. The number of anilines is 2. The number of sulfonamides is 1. The summed E-state index contributed by atoms with van der Waals surface area (Å²) >= 11 is 0. The number of hydrogen-bond donors (Lipinski definition) is 2. The van der Waals surface area contributed by atoms with E-state index in [4.69, 9.17) is 0 Å². The fourth-order valence-electron chi connectivity index (χ4n) is 3.44. The molecule has 4 rings (SSSR count). The molecule has 2 heterocycles. The summed E-state index contributed by atoms with van der Waals surface area (Å²) in [6, 6.07) is 17.9. The van der Waals surface area contributed by atoms with Crippen molar-refractivity contribution in [3.05, 3.63) is 66.2 Å². The third-order valence-electron chi connectivity index (χ3n) is 5.33. The van der Waals surface area contributed by atoms with Crippen molar-refractivity contribution >= 4 is 21.5 Å². The molecular formula is C22H26N5O2S+. The second-order valence-corrected chi connectivity index (χ2v) is 9.40. The Kier molecular flexibility index (Phi) is 5.69. The van der Waals surface area contributed by atoms with Crippen molar-refractivity contribution in [2.75, 3.05) is 42.8 Å². The molecule has 1 aromatic heterocycles. The Morgan fingerprint density at radius 2 is 1.70 bits per heavy atom. The first-order valence-corrected chi connectivity index (χ1v) is 11.5. The van der Waals surface area contributed by atoms with Gasteiger partial charge in [-0.3, -0.25) is 4.72 Å². The first-order valence-electron chi connectivity index (χ1n) is 10.0. The number of benzene rings is 2. The Morgan fingerprint density at radius 1 is 0.967 bits per heavy atom. The molecule has 0 aliphatic carbocycles. The summed E-state index contributed by atoms with van der Waals surface area (Å²) in [5.41, 5.74) is 3.01. The van der Waals surface area contributed by atoms with Crippen LogP contribution < -0.4 is 14.5 Å². The minimum Gasteiger partial charge on any atom is -0.344 e. The molecule has 8 heteroatoms. The topological polar surface area (TPSA) is 79.6 Å². The number of likely N-dealkylation sites (N-methyl/N-ethyl adjacent to an activating group) is 1. The number of rotatable bonds is 5. The molecule has 3 aromatic rings. The van der Waals surface area contributed by atoms with Crippen LogP contribution >= 0.6 is 0 Å². The van der Waals surface area contributed by atoms with E-state index in [2.05, 4.69) is 26.9 Å². The molecule has 2 N–H and O–H groups in total. The highest BCUT2D eigenvalue weighted by molar-refractivity contribution is 7.92. The van der Waals surface area contributed by atoms with Crippen LogP contribution in [-0.4, -0.2) is 51.8 Å². The highest BCUT2D eigenvalue weighted by Gasteiger charge is 2.18. The van der Waals surface area contributed by atoms with Crippen LogP contribution in [0.4, 0.5) is 11.5 Å². The maximum Gasteiger partial charge on any atom is 0.261 e. The molecule has 156 valence electrons. The molecule has 1 aliphatic rings. The SMILES string of the molecule is Cc1ccc(S(=O)(=O)Nc2cccc(-c3ccc(N4CC[NH+](C)CC4)nn3)c2)cc1. The molecule has 0 spiro atoms. The van der Waals surface area contributed by atoms with E-state index in [1.165, 1.54) is 4.90 Å². The quantitative estimate of drug-likeness (QED) is 0.650. The van der Waals surface area contributed by atoms with E-state index >= 15 is 0 Å². The van der Waals surface area contributed by atoms with Gasteiger partial charge in [0.2, 0.25) is 0 Å². The zero-order valence-corrected chi connectivity index (χ0v) is 18.0. The number of aryl methyl sites for hydroxylation is 1. The third kappa shape index (κ3) is 4.60. The zero-order valence-electron chi connectivity index (χ0n) is 17.2. The molecule has 30 heavy (non-hydrogen) atoms. The van der Waals surface area contributed by atoms with E-state index in [1.54, 1.807) is 42.5 Å². The Hall–Kier alpha value is -2.97. The fourth-order valence-corrected chi connectivity index (χ4v) is 4.49. The van der Waals surface area contributed by atoms with Gasteiger partial charge in [0.25, 0.3) is 10.0 Å². The Labute approximate surface area is 177 Å². The van der Waals surface area contributed by atoms with Gasteiger partial charge in [-0.15, -0.1) is 10.2 Å². The average Bonchev–Trinajstić information content (AvgIpc) is 2.75. The van der Waals surface area contributed by atoms with Gasteiger partial charge in [0, 0.05) is 11.3 Å². The predicted octanol–water partition coefficient (Wildman–Crippen LogP) is 1.59. The van der Waals surface area contributed by atoms with E-state index < -0.39 is 10.0 Å². The first-order chi connectivity index (χ1) is 14.4. The molecule has 0 atom stereocenters. The molecule has 2 aromatic carbocycles. The lowest BCUT2D eigenvalue weighted by atomic mass is 10.1. The monoisotopic (exact) mass is 424 g/mol. The van der Waals surface area contributed by atoms with Gasteiger partial charge in [-0.05, 0) is 43.3 Å². The molecule has 1 aliphatic heterocycles. The maximum absolute atomic E-state index is 12.7. The third-order valence-corrected chi connectivity index (χ3v) is 6.73. The summed E-state index contributed by atoms with van der Waals surface area (Å²) in [6.45, 7) is 6.04. The van der Waals surface area contributed by atoms with Crippen LogP contribution in [0, 0.1) is 6.92 Å². The predicted molar refractivity (Wildman–Crippen MR) is 118 cm³/mol. The van der Waals surface area contributed by atoms with Crippen LogP contribution in [0.25, 0.3) is 11.3 Å². The van der Waals surface area contributed by atoms with E-state index in [9.17, 15) is 8.42 Å². The van der Waals surface area contributed by atoms with Gasteiger partial charge < -0.3 is 9.80 Å². The molecule has 0 unspecified atom stereocenters. The normalized spacial score (nSPS) is 15.2. The van der Waals surface area contributed by atoms with Crippen molar-refractivity contribution in [2.24, 2.45) is 0 Å². The number of nitrogens with zero attached hydrogens (tertiary/aromatic N) is 3. The minimum atomic E-state index is -3.65. The molecule has 0 radical (unpaired) electrons. The van der Waals surface area contributed by atoms with Gasteiger partial charge >= 0.3 is 0 Å². The standard InChI is InChI=1S/C22H25N5O2S/c1-17-6-8-20(9-7-17)30(28,29)25-19-5-3-4-18(16-19)21-10-11-22(24-23-21)27-14-12-26(2)13-15-27/h3-11,16,25H,12-15H2,1-2H3/p+1. The Bertz CT molecular complexity index is 1110. The Balaban J connectivity index is 1.51.